The van der Waals surface area contributed by atoms with Crippen LogP contribution in [0.3, 0.4) is 0 Å². The van der Waals surface area contributed by atoms with E-state index < -0.39 is 0 Å². The second kappa shape index (κ2) is 6.39. The van der Waals surface area contributed by atoms with E-state index in [9.17, 15) is 9.18 Å². The van der Waals surface area contributed by atoms with Crippen molar-refractivity contribution < 1.29 is 9.18 Å². The maximum atomic E-state index is 13.0. The van der Waals surface area contributed by atoms with Gasteiger partial charge in [0.25, 0.3) is 0 Å². The topological polar surface area (TPSA) is 50.2 Å². The highest BCUT2D eigenvalue weighted by Gasteiger charge is 2.20. The molecule has 1 aromatic carbocycles. The minimum atomic E-state index is -0.284. The van der Waals surface area contributed by atoms with E-state index in [2.05, 4.69) is 10.4 Å². The number of nitrogens with zero attached hydrogens (tertiary/aromatic N) is 3. The van der Waals surface area contributed by atoms with Gasteiger partial charge in [-0.3, -0.25) is 4.68 Å². The van der Waals surface area contributed by atoms with Gasteiger partial charge in [-0.1, -0.05) is 12.1 Å². The third-order valence-electron chi connectivity index (χ3n) is 3.38. The van der Waals surface area contributed by atoms with Crippen molar-refractivity contribution in [3.05, 3.63) is 48.0 Å². The second-order valence-corrected chi connectivity index (χ2v) is 4.85. The second-order valence-electron chi connectivity index (χ2n) is 4.85. The Bertz CT molecular complexity index is 608. The van der Waals surface area contributed by atoms with Crippen LogP contribution in [0, 0.1) is 5.82 Å². The molecule has 0 saturated heterocycles. The quantitative estimate of drug-likeness (QED) is 0.940. The number of hydrogen-bond acceptors (Lipinski definition) is 2. The molecule has 0 bridgehead atoms. The van der Waals surface area contributed by atoms with Crippen molar-refractivity contribution in [1.29, 1.82) is 0 Å². The maximum Gasteiger partial charge on any atom is 0.322 e. The van der Waals surface area contributed by atoms with Crippen LogP contribution in [-0.2, 0) is 7.05 Å². The predicted octanol–water partition coefficient (Wildman–Crippen LogP) is 3.17. The molecule has 1 unspecified atom stereocenters. The number of nitrogens with one attached hydrogen (secondary N) is 1. The van der Waals surface area contributed by atoms with Crippen LogP contribution >= 0.6 is 0 Å². The molecule has 0 spiro atoms. The highest BCUT2D eigenvalue weighted by Crippen LogP contribution is 2.21. The fourth-order valence-electron chi connectivity index (χ4n) is 2.20. The van der Waals surface area contributed by atoms with Crippen LogP contribution in [0.25, 0.3) is 0 Å². The monoisotopic (exact) mass is 290 g/mol. The molecule has 112 valence electrons. The number of carbonyl (C=O) groups excluding carboxylic acids is 1. The number of amides is 2. The summed E-state index contributed by atoms with van der Waals surface area (Å²) in [4.78, 5) is 14.0. The first-order chi connectivity index (χ1) is 10.0. The number of rotatable bonds is 4. The maximum absolute atomic E-state index is 13.0. The Kier molecular flexibility index (Phi) is 4.57. The minimum absolute atomic E-state index is 0.146. The van der Waals surface area contributed by atoms with Crippen LogP contribution in [0.2, 0.25) is 0 Å². The van der Waals surface area contributed by atoms with Crippen LogP contribution in [0.15, 0.2) is 36.7 Å². The molecule has 5 nitrogen and oxygen atoms in total. The van der Waals surface area contributed by atoms with Gasteiger partial charge in [0.1, 0.15) is 5.82 Å². The van der Waals surface area contributed by atoms with Crippen LogP contribution in [0.1, 0.15) is 25.5 Å². The van der Waals surface area contributed by atoms with Gasteiger partial charge < -0.3 is 10.2 Å². The van der Waals surface area contributed by atoms with E-state index in [-0.39, 0.29) is 17.9 Å². The Balaban J connectivity index is 2.10. The highest BCUT2D eigenvalue weighted by atomic mass is 19.1. The summed E-state index contributed by atoms with van der Waals surface area (Å²) in [5, 5.41) is 6.81. The fraction of sp³-hybridized carbons (Fsp3) is 0.333. The molecule has 0 fully saturated rings. The zero-order valence-electron chi connectivity index (χ0n) is 12.4. The summed E-state index contributed by atoms with van der Waals surface area (Å²) in [5.74, 6) is -0.284. The lowest BCUT2D eigenvalue weighted by atomic mass is 10.1. The van der Waals surface area contributed by atoms with Gasteiger partial charge in [0.05, 0.1) is 17.9 Å². The summed E-state index contributed by atoms with van der Waals surface area (Å²) in [6, 6.07) is 5.84. The Morgan fingerprint density at radius 1 is 1.43 bits per heavy atom. The molecule has 0 saturated carbocycles. The van der Waals surface area contributed by atoms with Gasteiger partial charge in [-0.05, 0) is 31.5 Å². The molecule has 2 aromatic rings. The van der Waals surface area contributed by atoms with E-state index >= 15 is 0 Å². The molecule has 21 heavy (non-hydrogen) atoms. The number of aryl methyl sites for hydroxylation is 1. The van der Waals surface area contributed by atoms with E-state index in [1.165, 1.54) is 12.1 Å². The molecule has 1 aromatic heterocycles. The molecular weight excluding hydrogens is 271 g/mol. The van der Waals surface area contributed by atoms with Crippen molar-refractivity contribution >= 4 is 11.7 Å². The predicted molar refractivity (Wildman–Crippen MR) is 79.4 cm³/mol. The van der Waals surface area contributed by atoms with Crippen LogP contribution in [0.5, 0.6) is 0 Å². The molecule has 1 atom stereocenters. The average molecular weight is 290 g/mol. The molecule has 0 aliphatic carbocycles. The number of anilines is 1. The summed E-state index contributed by atoms with van der Waals surface area (Å²) >= 11 is 0. The van der Waals surface area contributed by atoms with Crippen molar-refractivity contribution in [2.75, 3.05) is 11.9 Å². The molecule has 1 heterocycles. The highest BCUT2D eigenvalue weighted by molar-refractivity contribution is 5.89. The van der Waals surface area contributed by atoms with Crippen LogP contribution < -0.4 is 5.32 Å². The molecule has 6 heteroatoms. The van der Waals surface area contributed by atoms with Crippen LogP contribution in [-0.4, -0.2) is 27.3 Å². The van der Waals surface area contributed by atoms with Gasteiger partial charge >= 0.3 is 6.03 Å². The van der Waals surface area contributed by atoms with Crippen LogP contribution in [0.4, 0.5) is 14.9 Å². The summed E-state index contributed by atoms with van der Waals surface area (Å²) in [5.41, 5.74) is 1.53. The van der Waals surface area contributed by atoms with E-state index in [1.807, 2.05) is 13.8 Å². The number of carbonyl (C=O) groups is 1. The van der Waals surface area contributed by atoms with Gasteiger partial charge in [-0.15, -0.1) is 0 Å². The fourth-order valence-corrected chi connectivity index (χ4v) is 2.20. The number of urea groups is 1. The van der Waals surface area contributed by atoms with Crippen molar-refractivity contribution in [2.24, 2.45) is 7.05 Å². The lowest BCUT2D eigenvalue weighted by molar-refractivity contribution is 0.197. The Labute approximate surface area is 123 Å². The number of benzene rings is 1. The summed E-state index contributed by atoms with van der Waals surface area (Å²) in [6.07, 6.45) is 3.32. The Morgan fingerprint density at radius 2 is 2.10 bits per heavy atom. The SMILES string of the molecule is CCN(C(=O)Nc1cnn(C)c1)C(C)c1ccc(F)cc1. The lowest BCUT2D eigenvalue weighted by Gasteiger charge is -2.28. The first-order valence-electron chi connectivity index (χ1n) is 6.83. The minimum Gasteiger partial charge on any atom is -0.318 e. The lowest BCUT2D eigenvalue weighted by Crippen LogP contribution is -2.36. The van der Waals surface area contributed by atoms with Crippen molar-refractivity contribution in [3.63, 3.8) is 0 Å². The van der Waals surface area contributed by atoms with Crippen molar-refractivity contribution in [2.45, 2.75) is 19.9 Å². The first-order valence-corrected chi connectivity index (χ1v) is 6.83. The molecule has 0 radical (unpaired) electrons. The van der Waals surface area contributed by atoms with Crippen molar-refractivity contribution in [3.8, 4) is 0 Å². The van der Waals surface area contributed by atoms with Gasteiger partial charge in [-0.2, -0.15) is 5.10 Å². The number of aromatic nitrogens is 2. The van der Waals surface area contributed by atoms with Gasteiger partial charge in [0, 0.05) is 19.8 Å². The van der Waals surface area contributed by atoms with Gasteiger partial charge in [-0.25, -0.2) is 9.18 Å². The zero-order valence-corrected chi connectivity index (χ0v) is 12.4. The zero-order chi connectivity index (χ0) is 15.4. The van der Waals surface area contributed by atoms with Gasteiger partial charge in [0.15, 0.2) is 0 Å². The molecule has 0 aliphatic heterocycles. The van der Waals surface area contributed by atoms with E-state index in [0.29, 0.717) is 12.2 Å². The standard InChI is InChI=1S/C15H19FN4O/c1-4-20(11(2)12-5-7-13(16)8-6-12)15(21)18-14-9-17-19(3)10-14/h5-11H,4H2,1-3H3,(H,18,21). The average Bonchev–Trinajstić information content (AvgIpc) is 2.85. The number of hydrogen-bond donors (Lipinski definition) is 1. The van der Waals surface area contributed by atoms with E-state index in [4.69, 9.17) is 0 Å². The van der Waals surface area contributed by atoms with Gasteiger partial charge in [0.2, 0.25) is 0 Å². The van der Waals surface area contributed by atoms with E-state index in [1.54, 1.807) is 41.2 Å². The van der Waals surface area contributed by atoms with E-state index in [0.717, 1.165) is 5.56 Å². The largest absolute Gasteiger partial charge is 0.322 e. The Hall–Kier alpha value is -2.37. The molecular formula is C15H19FN4O. The third-order valence-corrected chi connectivity index (χ3v) is 3.38. The summed E-state index contributed by atoms with van der Waals surface area (Å²) < 4.78 is 14.6. The molecule has 2 rings (SSSR count). The normalized spacial score (nSPS) is 12.0. The van der Waals surface area contributed by atoms with Crippen molar-refractivity contribution in [1.82, 2.24) is 14.7 Å². The smallest absolute Gasteiger partial charge is 0.318 e. The molecule has 0 aliphatic rings. The summed E-state index contributed by atoms with van der Waals surface area (Å²) in [6.45, 7) is 4.37. The third kappa shape index (κ3) is 3.59. The number of halogens is 1. The summed E-state index contributed by atoms with van der Waals surface area (Å²) in [7, 11) is 1.79. The molecule has 2 amide bonds. The Morgan fingerprint density at radius 3 is 2.62 bits per heavy atom. The molecule has 1 N–H and O–H groups in total. The first kappa shape index (κ1) is 15.0.